The van der Waals surface area contributed by atoms with Gasteiger partial charge in [-0.1, -0.05) is 24.3 Å². The first-order valence-corrected chi connectivity index (χ1v) is 9.83. The van der Waals surface area contributed by atoms with E-state index < -0.39 is 0 Å². The topological polar surface area (TPSA) is 72.7 Å². The van der Waals surface area contributed by atoms with Gasteiger partial charge in [0.25, 0.3) is 5.91 Å². The Morgan fingerprint density at radius 3 is 2.68 bits per heavy atom. The minimum atomic E-state index is -0.130. The molecule has 0 saturated heterocycles. The molecule has 0 fully saturated rings. The number of aromatic nitrogens is 4. The van der Waals surface area contributed by atoms with E-state index in [9.17, 15) is 4.79 Å². The summed E-state index contributed by atoms with van der Waals surface area (Å²) in [6, 6.07) is 13.7. The number of carbonyl (C=O) groups excluding carboxylic acids is 1. The van der Waals surface area contributed by atoms with E-state index in [1.165, 1.54) is 5.56 Å². The lowest BCUT2D eigenvalue weighted by molar-refractivity contribution is 0.0954. The van der Waals surface area contributed by atoms with Gasteiger partial charge in [0.1, 0.15) is 0 Å². The second-order valence-corrected chi connectivity index (χ2v) is 7.37. The fourth-order valence-electron chi connectivity index (χ4n) is 2.82. The molecule has 0 unspecified atom stereocenters. The molecular weight excluding hydrogens is 370 g/mol. The van der Waals surface area contributed by atoms with E-state index in [0.717, 1.165) is 22.7 Å². The molecule has 4 aromatic rings. The highest BCUT2D eigenvalue weighted by molar-refractivity contribution is 7.09. The molecule has 140 valence electrons. The van der Waals surface area contributed by atoms with Crippen molar-refractivity contribution in [3.63, 3.8) is 0 Å². The minimum Gasteiger partial charge on any atom is -0.352 e. The Kier molecular flexibility index (Phi) is 5.25. The summed E-state index contributed by atoms with van der Waals surface area (Å²) in [4.78, 5) is 21.1. The van der Waals surface area contributed by atoms with Gasteiger partial charge in [-0.15, -0.1) is 11.3 Å². The van der Waals surface area contributed by atoms with Crippen LogP contribution in [-0.2, 0) is 6.42 Å². The van der Waals surface area contributed by atoms with Crippen LogP contribution in [0.5, 0.6) is 0 Å². The van der Waals surface area contributed by atoms with Crippen molar-refractivity contribution in [2.75, 3.05) is 6.54 Å². The standard InChI is InChI=1S/C21H19N5OS/c1-15-25-19(14-28-15)17-5-3-16(4-6-17)9-11-22-21(27)18-7-8-20(23-13-18)26-12-2-10-24-26/h2-8,10,12-14H,9,11H2,1H3,(H,22,27). The number of rotatable bonds is 6. The molecule has 1 N–H and O–H groups in total. The number of hydrogen-bond acceptors (Lipinski definition) is 5. The van der Waals surface area contributed by atoms with Crippen molar-refractivity contribution in [1.82, 2.24) is 25.1 Å². The Labute approximate surface area is 166 Å². The third kappa shape index (κ3) is 4.15. The SMILES string of the molecule is Cc1nc(-c2ccc(CCNC(=O)c3ccc(-n4cccn4)nc3)cc2)cs1. The van der Waals surface area contributed by atoms with E-state index in [1.807, 2.05) is 19.2 Å². The zero-order valence-electron chi connectivity index (χ0n) is 15.4. The monoisotopic (exact) mass is 389 g/mol. The van der Waals surface area contributed by atoms with Crippen LogP contribution in [-0.4, -0.2) is 32.2 Å². The number of nitrogens with one attached hydrogen (secondary N) is 1. The highest BCUT2D eigenvalue weighted by Crippen LogP contribution is 2.21. The maximum Gasteiger partial charge on any atom is 0.252 e. The van der Waals surface area contributed by atoms with Crippen molar-refractivity contribution in [3.05, 3.63) is 82.6 Å². The first kappa shape index (κ1) is 18.1. The molecular formula is C21H19N5OS. The largest absolute Gasteiger partial charge is 0.352 e. The fraction of sp³-hybridized carbons (Fsp3) is 0.143. The zero-order valence-corrected chi connectivity index (χ0v) is 16.2. The third-order valence-electron chi connectivity index (χ3n) is 4.32. The molecule has 1 amide bonds. The van der Waals surface area contributed by atoms with Gasteiger partial charge in [-0.25, -0.2) is 14.6 Å². The summed E-state index contributed by atoms with van der Waals surface area (Å²) in [6.07, 6.45) is 5.83. The maximum atomic E-state index is 12.3. The number of nitrogens with zero attached hydrogens (tertiary/aromatic N) is 4. The minimum absolute atomic E-state index is 0.130. The molecule has 0 aliphatic carbocycles. The van der Waals surface area contributed by atoms with Crippen LogP contribution in [0.15, 0.2) is 66.4 Å². The van der Waals surface area contributed by atoms with E-state index in [2.05, 4.69) is 50.0 Å². The van der Waals surface area contributed by atoms with Crippen molar-refractivity contribution in [3.8, 4) is 17.1 Å². The number of benzene rings is 1. The highest BCUT2D eigenvalue weighted by atomic mass is 32.1. The van der Waals surface area contributed by atoms with E-state index in [0.29, 0.717) is 17.9 Å². The summed E-state index contributed by atoms with van der Waals surface area (Å²) >= 11 is 1.65. The normalized spacial score (nSPS) is 10.8. The number of pyridine rings is 1. The van der Waals surface area contributed by atoms with E-state index in [-0.39, 0.29) is 5.91 Å². The van der Waals surface area contributed by atoms with Crippen molar-refractivity contribution < 1.29 is 4.79 Å². The Bertz CT molecular complexity index is 1050. The van der Waals surface area contributed by atoms with Gasteiger partial charge in [0.2, 0.25) is 0 Å². The second kappa shape index (κ2) is 8.14. The van der Waals surface area contributed by atoms with Crippen LogP contribution in [0.25, 0.3) is 17.1 Å². The molecule has 4 rings (SSSR count). The smallest absolute Gasteiger partial charge is 0.252 e. The molecule has 0 aliphatic heterocycles. The predicted molar refractivity (Wildman–Crippen MR) is 110 cm³/mol. The van der Waals surface area contributed by atoms with E-state index in [1.54, 1.807) is 40.5 Å². The Morgan fingerprint density at radius 1 is 1.18 bits per heavy atom. The number of thiazole rings is 1. The molecule has 3 aromatic heterocycles. The Morgan fingerprint density at radius 2 is 2.04 bits per heavy atom. The van der Waals surface area contributed by atoms with Crippen LogP contribution < -0.4 is 5.32 Å². The van der Waals surface area contributed by atoms with Gasteiger partial charge in [-0.05, 0) is 37.1 Å². The zero-order chi connectivity index (χ0) is 19.3. The maximum absolute atomic E-state index is 12.3. The lowest BCUT2D eigenvalue weighted by atomic mass is 10.1. The lowest BCUT2D eigenvalue weighted by Gasteiger charge is -2.07. The van der Waals surface area contributed by atoms with Crippen LogP contribution in [0.1, 0.15) is 20.9 Å². The van der Waals surface area contributed by atoms with Crippen molar-refractivity contribution in [1.29, 1.82) is 0 Å². The molecule has 0 radical (unpaired) electrons. The van der Waals surface area contributed by atoms with Crippen LogP contribution in [0.4, 0.5) is 0 Å². The molecule has 0 saturated carbocycles. The summed E-state index contributed by atoms with van der Waals surface area (Å²) < 4.78 is 1.65. The van der Waals surface area contributed by atoms with Gasteiger partial charge in [0.05, 0.1) is 16.3 Å². The van der Waals surface area contributed by atoms with Gasteiger partial charge in [0.15, 0.2) is 5.82 Å². The highest BCUT2D eigenvalue weighted by Gasteiger charge is 2.07. The van der Waals surface area contributed by atoms with Gasteiger partial charge >= 0.3 is 0 Å². The Balaban J connectivity index is 1.30. The summed E-state index contributed by atoms with van der Waals surface area (Å²) in [7, 11) is 0. The van der Waals surface area contributed by atoms with Crippen LogP contribution in [0, 0.1) is 6.92 Å². The number of aryl methyl sites for hydroxylation is 1. The second-order valence-electron chi connectivity index (χ2n) is 6.31. The average Bonchev–Trinajstić information content (AvgIpc) is 3.41. The van der Waals surface area contributed by atoms with E-state index >= 15 is 0 Å². The molecule has 3 heterocycles. The van der Waals surface area contributed by atoms with Crippen molar-refractivity contribution in [2.24, 2.45) is 0 Å². The number of carbonyl (C=O) groups is 1. The van der Waals surface area contributed by atoms with Crippen LogP contribution in [0.3, 0.4) is 0 Å². The number of hydrogen-bond donors (Lipinski definition) is 1. The molecule has 0 spiro atoms. The molecule has 6 nitrogen and oxygen atoms in total. The average molecular weight is 389 g/mol. The van der Waals surface area contributed by atoms with Gasteiger partial charge < -0.3 is 5.32 Å². The lowest BCUT2D eigenvalue weighted by Crippen LogP contribution is -2.25. The van der Waals surface area contributed by atoms with E-state index in [4.69, 9.17) is 0 Å². The molecule has 1 aromatic carbocycles. The molecule has 0 bridgehead atoms. The van der Waals surface area contributed by atoms with Crippen molar-refractivity contribution in [2.45, 2.75) is 13.3 Å². The first-order valence-electron chi connectivity index (χ1n) is 8.95. The summed E-state index contributed by atoms with van der Waals surface area (Å²) in [5.74, 6) is 0.547. The third-order valence-corrected chi connectivity index (χ3v) is 5.09. The Hall–Kier alpha value is -3.32. The predicted octanol–water partition coefficient (Wildman–Crippen LogP) is 3.67. The van der Waals surface area contributed by atoms with Gasteiger partial charge in [0, 0.05) is 36.1 Å². The van der Waals surface area contributed by atoms with Crippen LogP contribution in [0.2, 0.25) is 0 Å². The quantitative estimate of drug-likeness (QED) is 0.546. The first-order chi connectivity index (χ1) is 13.7. The fourth-order valence-corrected chi connectivity index (χ4v) is 3.44. The summed E-state index contributed by atoms with van der Waals surface area (Å²) in [5.41, 5.74) is 3.82. The van der Waals surface area contributed by atoms with Gasteiger partial charge in [-0.2, -0.15) is 5.10 Å². The molecule has 0 atom stereocenters. The molecule has 7 heteroatoms. The van der Waals surface area contributed by atoms with Gasteiger partial charge in [-0.3, -0.25) is 4.79 Å². The molecule has 28 heavy (non-hydrogen) atoms. The molecule has 0 aliphatic rings. The van der Waals surface area contributed by atoms with Crippen LogP contribution >= 0.6 is 11.3 Å². The van der Waals surface area contributed by atoms with Crippen molar-refractivity contribution >= 4 is 17.2 Å². The summed E-state index contributed by atoms with van der Waals surface area (Å²) in [6.45, 7) is 2.57. The summed E-state index contributed by atoms with van der Waals surface area (Å²) in [5, 5.41) is 10.2. The number of amides is 1.